The Bertz CT molecular complexity index is 289. The van der Waals surface area contributed by atoms with Crippen molar-refractivity contribution in [3.63, 3.8) is 0 Å². The van der Waals surface area contributed by atoms with Gasteiger partial charge >= 0.3 is 0 Å². The van der Waals surface area contributed by atoms with Crippen molar-refractivity contribution in [2.24, 2.45) is 0 Å². The maximum atomic E-state index is 8.47. The molecule has 0 fully saturated rings. The van der Waals surface area contributed by atoms with E-state index in [9.17, 15) is 0 Å². The van der Waals surface area contributed by atoms with E-state index < -0.39 is 0 Å². The van der Waals surface area contributed by atoms with Gasteiger partial charge in [0.1, 0.15) is 6.07 Å². The lowest BCUT2D eigenvalue weighted by Gasteiger charge is -1.90. The highest BCUT2D eigenvalue weighted by Crippen LogP contribution is 2.07. The van der Waals surface area contributed by atoms with Gasteiger partial charge in [-0.05, 0) is 0 Å². The monoisotopic (exact) mass is 172 g/mol. The number of aliphatic hydroxyl groups is 1. The summed E-state index contributed by atoms with van der Waals surface area (Å²) in [5.74, 6) is 0. The minimum atomic E-state index is -0.0735. The van der Waals surface area contributed by atoms with E-state index in [1.54, 1.807) is 6.07 Å². The van der Waals surface area contributed by atoms with Crippen LogP contribution in [0.15, 0.2) is 0 Å². The Morgan fingerprint density at radius 3 is 2.82 bits per heavy atom. The maximum absolute atomic E-state index is 8.47. The van der Waals surface area contributed by atoms with E-state index in [0.717, 1.165) is 0 Å². The molecular formula is C5H5ClN4O. The zero-order chi connectivity index (χ0) is 8.27. The van der Waals surface area contributed by atoms with Crippen LogP contribution in [0.5, 0.6) is 0 Å². The molecule has 1 rings (SSSR count). The molecule has 0 spiro atoms. The quantitative estimate of drug-likeness (QED) is 0.670. The molecule has 11 heavy (non-hydrogen) atoms. The Hall–Kier alpha value is -1.12. The second kappa shape index (κ2) is 3.32. The minimum absolute atomic E-state index is 0.0703. The van der Waals surface area contributed by atoms with E-state index >= 15 is 0 Å². The number of hydrogen-bond donors (Lipinski definition) is 1. The third kappa shape index (κ3) is 1.67. The molecule has 0 saturated heterocycles. The van der Waals surface area contributed by atoms with Gasteiger partial charge in [-0.2, -0.15) is 10.1 Å². The summed E-state index contributed by atoms with van der Waals surface area (Å²) in [6.07, 6.45) is 0. The highest BCUT2D eigenvalue weighted by Gasteiger charge is 2.06. The van der Waals surface area contributed by atoms with Crippen LogP contribution < -0.4 is 0 Å². The van der Waals surface area contributed by atoms with Crippen molar-refractivity contribution in [1.29, 1.82) is 5.26 Å². The summed E-state index contributed by atoms with van der Waals surface area (Å²) >= 11 is 5.48. The van der Waals surface area contributed by atoms with Crippen molar-refractivity contribution in [2.45, 2.75) is 6.54 Å². The standard InChI is InChI=1S/C5H5ClN4O/c6-5-4(3-7)8-10(9-5)1-2-11/h11H,1-2H2. The molecule has 0 aliphatic rings. The average molecular weight is 173 g/mol. The van der Waals surface area contributed by atoms with Gasteiger partial charge in [0.2, 0.25) is 5.69 Å². The molecule has 0 bridgehead atoms. The summed E-state index contributed by atoms with van der Waals surface area (Å²) in [5.41, 5.74) is 0.0834. The molecule has 0 aliphatic carbocycles. The van der Waals surface area contributed by atoms with Gasteiger partial charge in [0.25, 0.3) is 0 Å². The van der Waals surface area contributed by atoms with Crippen LogP contribution in [0.2, 0.25) is 5.15 Å². The minimum Gasteiger partial charge on any atom is -0.394 e. The van der Waals surface area contributed by atoms with E-state index in [1.165, 1.54) is 4.80 Å². The van der Waals surface area contributed by atoms with Crippen LogP contribution in [0, 0.1) is 11.3 Å². The van der Waals surface area contributed by atoms with Crippen molar-refractivity contribution < 1.29 is 5.11 Å². The molecule has 1 aromatic heterocycles. The summed E-state index contributed by atoms with van der Waals surface area (Å²) in [6, 6.07) is 1.77. The first kappa shape index (κ1) is 7.98. The first-order valence-corrected chi connectivity index (χ1v) is 3.27. The molecule has 0 unspecified atom stereocenters. The van der Waals surface area contributed by atoms with Crippen molar-refractivity contribution >= 4 is 11.6 Å². The van der Waals surface area contributed by atoms with E-state index in [2.05, 4.69) is 10.2 Å². The zero-order valence-electron chi connectivity index (χ0n) is 5.53. The number of aliphatic hydroxyl groups excluding tert-OH is 1. The summed E-state index contributed by atoms with van der Waals surface area (Å²) < 4.78 is 0. The molecule has 5 nitrogen and oxygen atoms in total. The van der Waals surface area contributed by atoms with E-state index in [-0.39, 0.29) is 24.0 Å². The number of nitriles is 1. The lowest BCUT2D eigenvalue weighted by molar-refractivity contribution is 0.260. The van der Waals surface area contributed by atoms with Crippen LogP contribution in [0.1, 0.15) is 5.69 Å². The largest absolute Gasteiger partial charge is 0.394 e. The highest BCUT2D eigenvalue weighted by atomic mass is 35.5. The lowest BCUT2D eigenvalue weighted by Crippen LogP contribution is -2.05. The summed E-state index contributed by atoms with van der Waals surface area (Å²) in [7, 11) is 0. The normalized spacial score (nSPS) is 9.55. The molecule has 0 saturated carbocycles. The fraction of sp³-hybridized carbons (Fsp3) is 0.400. The third-order valence-corrected chi connectivity index (χ3v) is 1.27. The van der Waals surface area contributed by atoms with E-state index in [0.29, 0.717) is 0 Å². The maximum Gasteiger partial charge on any atom is 0.201 e. The molecular weight excluding hydrogens is 168 g/mol. The number of halogens is 1. The van der Waals surface area contributed by atoms with Gasteiger partial charge in [0, 0.05) is 0 Å². The Balaban J connectivity index is 2.89. The molecule has 1 heterocycles. The van der Waals surface area contributed by atoms with Gasteiger partial charge in [-0.15, -0.1) is 10.2 Å². The average Bonchev–Trinajstić information content (AvgIpc) is 2.32. The second-order valence-corrected chi connectivity index (χ2v) is 2.13. The van der Waals surface area contributed by atoms with Crippen molar-refractivity contribution in [3.05, 3.63) is 10.8 Å². The molecule has 0 amide bonds. The van der Waals surface area contributed by atoms with Crippen molar-refractivity contribution in [3.8, 4) is 6.07 Å². The Morgan fingerprint density at radius 2 is 2.36 bits per heavy atom. The summed E-state index contributed by atoms with van der Waals surface area (Å²) in [6.45, 7) is 0.178. The molecule has 0 aliphatic heterocycles. The summed E-state index contributed by atoms with van der Waals surface area (Å²) in [5, 5.41) is 24.3. The Kier molecular flexibility index (Phi) is 2.41. The predicted octanol–water partition coefficient (Wildman–Crippen LogP) is -0.205. The van der Waals surface area contributed by atoms with Gasteiger partial charge in [-0.25, -0.2) is 0 Å². The van der Waals surface area contributed by atoms with Crippen LogP contribution >= 0.6 is 11.6 Å². The van der Waals surface area contributed by atoms with Crippen LogP contribution in [-0.2, 0) is 6.54 Å². The summed E-state index contributed by atoms with van der Waals surface area (Å²) in [4.78, 5) is 1.18. The van der Waals surface area contributed by atoms with Crippen molar-refractivity contribution in [2.75, 3.05) is 6.61 Å². The van der Waals surface area contributed by atoms with Gasteiger partial charge < -0.3 is 5.11 Å². The first-order chi connectivity index (χ1) is 5.27. The van der Waals surface area contributed by atoms with E-state index in [4.69, 9.17) is 22.0 Å². The highest BCUT2D eigenvalue weighted by molar-refractivity contribution is 6.30. The second-order valence-electron chi connectivity index (χ2n) is 1.77. The van der Waals surface area contributed by atoms with Crippen LogP contribution in [0.3, 0.4) is 0 Å². The van der Waals surface area contributed by atoms with Gasteiger partial charge in [-0.1, -0.05) is 11.6 Å². The lowest BCUT2D eigenvalue weighted by atomic mass is 10.5. The molecule has 0 radical (unpaired) electrons. The molecule has 0 aromatic carbocycles. The number of rotatable bonds is 2. The Morgan fingerprint density at radius 1 is 1.64 bits per heavy atom. The topological polar surface area (TPSA) is 74.7 Å². The third-order valence-electron chi connectivity index (χ3n) is 1.02. The first-order valence-electron chi connectivity index (χ1n) is 2.89. The fourth-order valence-corrected chi connectivity index (χ4v) is 0.753. The van der Waals surface area contributed by atoms with Gasteiger partial charge in [-0.3, -0.25) is 0 Å². The molecule has 58 valence electrons. The molecule has 0 atom stereocenters. The smallest absolute Gasteiger partial charge is 0.201 e. The number of aromatic nitrogens is 3. The predicted molar refractivity (Wildman–Crippen MR) is 36.8 cm³/mol. The molecule has 6 heteroatoms. The SMILES string of the molecule is N#Cc1nn(CCO)nc1Cl. The van der Waals surface area contributed by atoms with Gasteiger partial charge in [0.15, 0.2) is 5.15 Å². The zero-order valence-corrected chi connectivity index (χ0v) is 6.28. The van der Waals surface area contributed by atoms with E-state index in [1.807, 2.05) is 0 Å². The van der Waals surface area contributed by atoms with Crippen LogP contribution in [0.25, 0.3) is 0 Å². The van der Waals surface area contributed by atoms with Crippen LogP contribution in [-0.4, -0.2) is 26.7 Å². The van der Waals surface area contributed by atoms with Crippen molar-refractivity contribution in [1.82, 2.24) is 15.0 Å². The number of nitrogens with zero attached hydrogens (tertiary/aromatic N) is 4. The van der Waals surface area contributed by atoms with Gasteiger partial charge in [0.05, 0.1) is 13.2 Å². The molecule has 1 aromatic rings. The Labute approximate surface area is 67.8 Å². The molecule has 1 N–H and O–H groups in total. The number of hydrogen-bond acceptors (Lipinski definition) is 4. The fourth-order valence-electron chi connectivity index (χ4n) is 0.586. The van der Waals surface area contributed by atoms with Crippen LogP contribution in [0.4, 0.5) is 0 Å².